The number of pyridine rings is 1. The highest BCUT2D eigenvalue weighted by Crippen LogP contribution is 2.26. The van der Waals surface area contributed by atoms with Crippen LogP contribution >= 0.6 is 27.3 Å². The molecular formula is C14H16BrN5OS. The van der Waals surface area contributed by atoms with Gasteiger partial charge in [-0.25, -0.2) is 4.98 Å². The number of aromatic nitrogens is 3. The zero-order valence-electron chi connectivity index (χ0n) is 12.1. The van der Waals surface area contributed by atoms with Gasteiger partial charge in [0, 0.05) is 29.7 Å². The number of carbonyl (C=O) groups is 1. The Morgan fingerprint density at radius 2 is 2.23 bits per heavy atom. The lowest BCUT2D eigenvalue weighted by Gasteiger charge is -2.32. The van der Waals surface area contributed by atoms with E-state index in [2.05, 4.69) is 54.3 Å². The Balaban J connectivity index is 1.59. The van der Waals surface area contributed by atoms with Crippen LogP contribution < -0.4 is 10.2 Å². The Bertz CT molecular complexity index is 655. The summed E-state index contributed by atoms with van der Waals surface area (Å²) in [6, 6.07) is 2.07. The molecule has 1 fully saturated rings. The van der Waals surface area contributed by atoms with Gasteiger partial charge in [-0.2, -0.15) is 0 Å². The average molecular weight is 382 g/mol. The number of piperidine rings is 1. The van der Waals surface area contributed by atoms with Crippen LogP contribution in [0, 0.1) is 12.8 Å². The van der Waals surface area contributed by atoms with Crippen molar-refractivity contribution in [3.8, 4) is 0 Å². The highest BCUT2D eigenvalue weighted by Gasteiger charge is 2.26. The molecule has 3 heterocycles. The van der Waals surface area contributed by atoms with E-state index in [1.807, 2.05) is 6.20 Å². The van der Waals surface area contributed by atoms with E-state index in [-0.39, 0.29) is 11.8 Å². The molecule has 0 spiro atoms. The number of halogens is 1. The SMILES string of the molecule is Cc1cc(Br)cnc1N1CCC(C(=O)Nc2nncs2)CC1. The third-order valence-electron chi connectivity index (χ3n) is 3.77. The molecule has 0 saturated carbocycles. The molecule has 0 unspecified atom stereocenters. The van der Waals surface area contributed by atoms with Crippen LogP contribution in [0.5, 0.6) is 0 Å². The highest BCUT2D eigenvalue weighted by molar-refractivity contribution is 9.10. The predicted molar refractivity (Wildman–Crippen MR) is 90.1 cm³/mol. The minimum absolute atomic E-state index is 0.0240. The molecule has 2 aromatic rings. The fourth-order valence-corrected chi connectivity index (χ4v) is 3.55. The highest BCUT2D eigenvalue weighted by atomic mass is 79.9. The first-order chi connectivity index (χ1) is 10.6. The zero-order valence-corrected chi connectivity index (χ0v) is 14.5. The van der Waals surface area contributed by atoms with Crippen LogP contribution in [-0.4, -0.2) is 34.2 Å². The summed E-state index contributed by atoms with van der Waals surface area (Å²) >= 11 is 4.77. The van der Waals surface area contributed by atoms with Crippen LogP contribution in [0.3, 0.4) is 0 Å². The van der Waals surface area contributed by atoms with Crippen LogP contribution in [0.25, 0.3) is 0 Å². The Morgan fingerprint density at radius 1 is 1.45 bits per heavy atom. The second-order valence-corrected chi connectivity index (χ2v) is 7.04. The minimum atomic E-state index is 0.0240. The van der Waals surface area contributed by atoms with Gasteiger partial charge in [-0.1, -0.05) is 11.3 Å². The predicted octanol–water partition coefficient (Wildman–Crippen LogP) is 2.86. The Kier molecular flexibility index (Phi) is 4.68. The van der Waals surface area contributed by atoms with Crippen molar-refractivity contribution < 1.29 is 4.79 Å². The molecule has 116 valence electrons. The molecular weight excluding hydrogens is 366 g/mol. The lowest BCUT2D eigenvalue weighted by molar-refractivity contribution is -0.120. The quantitative estimate of drug-likeness (QED) is 0.884. The third kappa shape index (κ3) is 3.44. The molecule has 1 amide bonds. The smallest absolute Gasteiger partial charge is 0.229 e. The van der Waals surface area contributed by atoms with E-state index in [0.717, 1.165) is 41.8 Å². The molecule has 8 heteroatoms. The third-order valence-corrected chi connectivity index (χ3v) is 4.81. The average Bonchev–Trinajstić information content (AvgIpc) is 3.00. The summed E-state index contributed by atoms with van der Waals surface area (Å²) in [5, 5.41) is 11.0. The van der Waals surface area contributed by atoms with E-state index in [9.17, 15) is 4.79 Å². The molecule has 3 rings (SSSR count). The molecule has 1 saturated heterocycles. The summed E-state index contributed by atoms with van der Waals surface area (Å²) < 4.78 is 0.986. The van der Waals surface area contributed by atoms with Gasteiger partial charge < -0.3 is 10.2 Å². The molecule has 0 aromatic carbocycles. The van der Waals surface area contributed by atoms with Crippen LogP contribution in [0.2, 0.25) is 0 Å². The van der Waals surface area contributed by atoms with Gasteiger partial charge in [-0.3, -0.25) is 4.79 Å². The molecule has 0 atom stereocenters. The number of amides is 1. The van der Waals surface area contributed by atoms with Crippen molar-refractivity contribution >= 4 is 44.1 Å². The Hall–Kier alpha value is -1.54. The van der Waals surface area contributed by atoms with Crippen LogP contribution in [0.15, 0.2) is 22.2 Å². The molecule has 1 N–H and O–H groups in total. The van der Waals surface area contributed by atoms with E-state index in [0.29, 0.717) is 5.13 Å². The van der Waals surface area contributed by atoms with E-state index in [1.165, 1.54) is 11.3 Å². The van der Waals surface area contributed by atoms with Crippen molar-refractivity contribution in [3.05, 3.63) is 27.8 Å². The van der Waals surface area contributed by atoms with Gasteiger partial charge in [-0.05, 0) is 47.3 Å². The van der Waals surface area contributed by atoms with Gasteiger partial charge in [0.05, 0.1) is 0 Å². The molecule has 0 radical (unpaired) electrons. The van der Waals surface area contributed by atoms with Crippen LogP contribution in [0.1, 0.15) is 18.4 Å². The summed E-state index contributed by atoms with van der Waals surface area (Å²) in [4.78, 5) is 18.9. The van der Waals surface area contributed by atoms with Gasteiger partial charge in [0.25, 0.3) is 0 Å². The van der Waals surface area contributed by atoms with Crippen molar-refractivity contribution in [1.82, 2.24) is 15.2 Å². The first-order valence-electron chi connectivity index (χ1n) is 7.07. The first kappa shape index (κ1) is 15.4. The van der Waals surface area contributed by atoms with E-state index in [1.54, 1.807) is 5.51 Å². The van der Waals surface area contributed by atoms with Crippen molar-refractivity contribution in [3.63, 3.8) is 0 Å². The monoisotopic (exact) mass is 381 g/mol. The summed E-state index contributed by atoms with van der Waals surface area (Å²) in [5.41, 5.74) is 2.76. The lowest BCUT2D eigenvalue weighted by atomic mass is 9.96. The van der Waals surface area contributed by atoms with Gasteiger partial charge >= 0.3 is 0 Å². The summed E-state index contributed by atoms with van der Waals surface area (Å²) in [7, 11) is 0. The number of nitrogens with zero attached hydrogens (tertiary/aromatic N) is 4. The van der Waals surface area contributed by atoms with Gasteiger partial charge in [0.2, 0.25) is 11.0 Å². The van der Waals surface area contributed by atoms with Crippen LogP contribution in [-0.2, 0) is 4.79 Å². The number of rotatable bonds is 3. The van der Waals surface area contributed by atoms with Gasteiger partial charge in [0.1, 0.15) is 11.3 Å². The summed E-state index contributed by atoms with van der Waals surface area (Å²) in [6.45, 7) is 3.73. The minimum Gasteiger partial charge on any atom is -0.356 e. The summed E-state index contributed by atoms with van der Waals surface area (Å²) in [6.07, 6.45) is 3.46. The van der Waals surface area contributed by atoms with Crippen LogP contribution in [0.4, 0.5) is 10.9 Å². The normalized spacial score (nSPS) is 15.8. The number of hydrogen-bond donors (Lipinski definition) is 1. The number of carbonyl (C=O) groups excluding carboxylic acids is 1. The number of aryl methyl sites for hydroxylation is 1. The van der Waals surface area contributed by atoms with Crippen molar-refractivity contribution in [1.29, 1.82) is 0 Å². The van der Waals surface area contributed by atoms with E-state index < -0.39 is 0 Å². The topological polar surface area (TPSA) is 71.0 Å². The fraction of sp³-hybridized carbons (Fsp3) is 0.429. The Labute approximate surface area is 141 Å². The molecule has 1 aliphatic rings. The standard InChI is InChI=1S/C14H16BrN5OS/c1-9-6-11(15)7-16-12(9)20-4-2-10(3-5-20)13(21)18-14-19-17-8-22-14/h6-8,10H,2-5H2,1H3,(H,18,19,21). The molecule has 6 nitrogen and oxygen atoms in total. The molecule has 2 aromatic heterocycles. The second kappa shape index (κ2) is 6.70. The van der Waals surface area contributed by atoms with Crippen molar-refractivity contribution in [2.24, 2.45) is 5.92 Å². The van der Waals surface area contributed by atoms with Crippen molar-refractivity contribution in [2.75, 3.05) is 23.3 Å². The van der Waals surface area contributed by atoms with E-state index >= 15 is 0 Å². The molecule has 1 aliphatic heterocycles. The molecule has 22 heavy (non-hydrogen) atoms. The number of anilines is 2. The first-order valence-corrected chi connectivity index (χ1v) is 8.75. The molecule has 0 aliphatic carbocycles. The van der Waals surface area contributed by atoms with Gasteiger partial charge in [-0.15, -0.1) is 10.2 Å². The van der Waals surface area contributed by atoms with Crippen molar-refractivity contribution in [2.45, 2.75) is 19.8 Å². The largest absolute Gasteiger partial charge is 0.356 e. The second-order valence-electron chi connectivity index (χ2n) is 5.29. The zero-order chi connectivity index (χ0) is 15.5. The van der Waals surface area contributed by atoms with E-state index in [4.69, 9.17) is 0 Å². The maximum atomic E-state index is 12.2. The fourth-order valence-electron chi connectivity index (χ4n) is 2.65. The maximum absolute atomic E-state index is 12.2. The number of nitrogens with one attached hydrogen (secondary N) is 1. The lowest BCUT2D eigenvalue weighted by Crippen LogP contribution is -2.38. The van der Waals surface area contributed by atoms with Gasteiger partial charge in [0.15, 0.2) is 0 Å². The number of hydrogen-bond acceptors (Lipinski definition) is 6. The summed E-state index contributed by atoms with van der Waals surface area (Å²) in [5.74, 6) is 1.07. The maximum Gasteiger partial charge on any atom is 0.229 e. The molecule has 0 bridgehead atoms. The Morgan fingerprint density at radius 3 is 2.86 bits per heavy atom.